The van der Waals surface area contributed by atoms with Gasteiger partial charge in [0.05, 0.1) is 5.54 Å². The largest absolute Gasteiger partial charge is 0.319 e. The smallest absolute Gasteiger partial charge is 0.149 e. The molecule has 0 amide bonds. The molecule has 2 heteroatoms. The van der Waals surface area contributed by atoms with Crippen molar-refractivity contribution in [2.75, 3.05) is 0 Å². The standard InChI is InChI=1S/C7H15NO/c1-5(2)7(4,8)6(3)9/h5H,8H2,1-4H3/t7-/m0/s1. The van der Waals surface area contributed by atoms with Crippen LogP contribution in [0.5, 0.6) is 0 Å². The Hall–Kier alpha value is -0.370. The third-order valence-electron chi connectivity index (χ3n) is 1.96. The van der Waals surface area contributed by atoms with Gasteiger partial charge in [-0.25, -0.2) is 0 Å². The van der Waals surface area contributed by atoms with E-state index in [-0.39, 0.29) is 11.7 Å². The highest BCUT2D eigenvalue weighted by Gasteiger charge is 2.27. The Kier molecular flexibility index (Phi) is 2.38. The molecule has 0 aliphatic rings. The fourth-order valence-electron chi connectivity index (χ4n) is 0.407. The number of ketones is 1. The Balaban J connectivity index is 4.19. The van der Waals surface area contributed by atoms with Gasteiger partial charge >= 0.3 is 0 Å². The molecule has 0 spiro atoms. The molecule has 1 atom stereocenters. The molecular weight excluding hydrogens is 114 g/mol. The lowest BCUT2D eigenvalue weighted by Crippen LogP contribution is -2.48. The van der Waals surface area contributed by atoms with Crippen LogP contribution < -0.4 is 5.73 Å². The molecule has 0 aromatic carbocycles. The molecule has 0 aliphatic carbocycles. The molecule has 0 heterocycles. The van der Waals surface area contributed by atoms with E-state index < -0.39 is 5.54 Å². The van der Waals surface area contributed by atoms with Crippen LogP contribution in [0.15, 0.2) is 0 Å². The molecule has 2 N–H and O–H groups in total. The van der Waals surface area contributed by atoms with Crippen LogP contribution in [0.25, 0.3) is 0 Å². The molecule has 0 saturated carbocycles. The lowest BCUT2D eigenvalue weighted by Gasteiger charge is -2.25. The topological polar surface area (TPSA) is 43.1 Å². The van der Waals surface area contributed by atoms with Crippen molar-refractivity contribution in [2.45, 2.75) is 33.2 Å². The van der Waals surface area contributed by atoms with Gasteiger partial charge in [0.1, 0.15) is 5.78 Å². The Morgan fingerprint density at radius 1 is 1.56 bits per heavy atom. The van der Waals surface area contributed by atoms with Crippen LogP contribution in [0.3, 0.4) is 0 Å². The molecule has 0 aromatic rings. The van der Waals surface area contributed by atoms with Crippen molar-refractivity contribution in [3.63, 3.8) is 0 Å². The van der Waals surface area contributed by atoms with Gasteiger partial charge in [0, 0.05) is 0 Å². The molecule has 0 rings (SSSR count). The van der Waals surface area contributed by atoms with E-state index in [0.717, 1.165) is 0 Å². The van der Waals surface area contributed by atoms with Crippen molar-refractivity contribution in [3.8, 4) is 0 Å². The minimum atomic E-state index is -0.639. The number of rotatable bonds is 2. The second-order valence-corrected chi connectivity index (χ2v) is 2.99. The fraction of sp³-hybridized carbons (Fsp3) is 0.857. The van der Waals surface area contributed by atoms with Crippen molar-refractivity contribution >= 4 is 5.78 Å². The Morgan fingerprint density at radius 3 is 1.89 bits per heavy atom. The molecule has 0 saturated heterocycles. The van der Waals surface area contributed by atoms with Gasteiger partial charge in [0.25, 0.3) is 0 Å². The number of hydrogen-bond acceptors (Lipinski definition) is 2. The normalized spacial score (nSPS) is 17.6. The summed E-state index contributed by atoms with van der Waals surface area (Å²) in [6, 6.07) is 0. The number of hydrogen-bond donors (Lipinski definition) is 1. The quantitative estimate of drug-likeness (QED) is 0.603. The van der Waals surface area contributed by atoms with E-state index in [4.69, 9.17) is 5.73 Å². The minimum absolute atomic E-state index is 0.0532. The van der Waals surface area contributed by atoms with Crippen LogP contribution in [0.4, 0.5) is 0 Å². The summed E-state index contributed by atoms with van der Waals surface area (Å²) in [7, 11) is 0. The summed E-state index contributed by atoms with van der Waals surface area (Å²) in [6.07, 6.45) is 0. The average Bonchev–Trinajstić information content (AvgIpc) is 1.65. The summed E-state index contributed by atoms with van der Waals surface area (Å²) in [5, 5.41) is 0. The van der Waals surface area contributed by atoms with Crippen LogP contribution >= 0.6 is 0 Å². The van der Waals surface area contributed by atoms with Crippen LogP contribution in [0, 0.1) is 5.92 Å². The van der Waals surface area contributed by atoms with Crippen molar-refractivity contribution in [1.82, 2.24) is 0 Å². The first kappa shape index (κ1) is 8.63. The van der Waals surface area contributed by atoms with Gasteiger partial charge in [-0.05, 0) is 19.8 Å². The second-order valence-electron chi connectivity index (χ2n) is 2.99. The molecule has 54 valence electrons. The van der Waals surface area contributed by atoms with E-state index in [1.54, 1.807) is 6.92 Å². The van der Waals surface area contributed by atoms with Gasteiger partial charge in [-0.2, -0.15) is 0 Å². The second kappa shape index (κ2) is 2.48. The Bertz CT molecular complexity index is 116. The lowest BCUT2D eigenvalue weighted by atomic mass is 9.86. The van der Waals surface area contributed by atoms with Gasteiger partial charge < -0.3 is 5.73 Å². The highest BCUT2D eigenvalue weighted by atomic mass is 16.1. The SMILES string of the molecule is CC(=O)[C@@](C)(N)C(C)C. The molecule has 2 nitrogen and oxygen atoms in total. The third-order valence-corrected chi connectivity index (χ3v) is 1.96. The number of carbonyl (C=O) groups is 1. The molecule has 9 heavy (non-hydrogen) atoms. The van der Waals surface area contributed by atoms with Crippen LogP contribution in [-0.2, 0) is 4.79 Å². The maximum atomic E-state index is 10.8. The highest BCUT2D eigenvalue weighted by Crippen LogP contribution is 2.12. The lowest BCUT2D eigenvalue weighted by molar-refractivity contribution is -0.122. The van der Waals surface area contributed by atoms with E-state index in [1.165, 1.54) is 6.92 Å². The number of Topliss-reactive ketones (excluding diaryl/α,β-unsaturated/α-hetero) is 1. The molecule has 0 unspecified atom stereocenters. The van der Waals surface area contributed by atoms with E-state index in [9.17, 15) is 4.79 Å². The van der Waals surface area contributed by atoms with Crippen molar-refractivity contribution in [2.24, 2.45) is 11.7 Å². The zero-order valence-corrected chi connectivity index (χ0v) is 6.56. The highest BCUT2D eigenvalue weighted by molar-refractivity contribution is 5.85. The first-order chi connectivity index (χ1) is 3.89. The summed E-state index contributed by atoms with van der Waals surface area (Å²) < 4.78 is 0. The van der Waals surface area contributed by atoms with Gasteiger partial charge in [-0.3, -0.25) is 4.79 Å². The Morgan fingerprint density at radius 2 is 1.89 bits per heavy atom. The first-order valence-electron chi connectivity index (χ1n) is 3.19. The molecule has 0 fully saturated rings. The van der Waals surface area contributed by atoms with E-state index in [2.05, 4.69) is 0 Å². The van der Waals surface area contributed by atoms with E-state index >= 15 is 0 Å². The molecular formula is C7H15NO. The van der Waals surface area contributed by atoms with Gasteiger partial charge in [0.15, 0.2) is 0 Å². The van der Waals surface area contributed by atoms with Crippen molar-refractivity contribution < 1.29 is 4.79 Å². The monoisotopic (exact) mass is 129 g/mol. The van der Waals surface area contributed by atoms with Gasteiger partial charge in [0.2, 0.25) is 0 Å². The van der Waals surface area contributed by atoms with Crippen molar-refractivity contribution in [1.29, 1.82) is 0 Å². The summed E-state index contributed by atoms with van der Waals surface area (Å²) in [6.45, 7) is 7.18. The molecule has 0 aromatic heterocycles. The summed E-state index contributed by atoms with van der Waals surface area (Å²) >= 11 is 0. The summed E-state index contributed by atoms with van der Waals surface area (Å²) in [5.41, 5.74) is 5.01. The van der Waals surface area contributed by atoms with E-state index in [0.29, 0.717) is 0 Å². The van der Waals surface area contributed by atoms with Gasteiger partial charge in [-0.1, -0.05) is 13.8 Å². The van der Waals surface area contributed by atoms with Crippen LogP contribution in [0.2, 0.25) is 0 Å². The maximum absolute atomic E-state index is 10.8. The molecule has 0 radical (unpaired) electrons. The van der Waals surface area contributed by atoms with E-state index in [1.807, 2.05) is 13.8 Å². The maximum Gasteiger partial charge on any atom is 0.149 e. The third kappa shape index (κ3) is 1.79. The fourth-order valence-corrected chi connectivity index (χ4v) is 0.407. The zero-order chi connectivity index (χ0) is 7.65. The predicted octanol–water partition coefficient (Wildman–Crippen LogP) is 0.949. The first-order valence-corrected chi connectivity index (χ1v) is 3.19. The average molecular weight is 129 g/mol. The zero-order valence-electron chi connectivity index (χ0n) is 6.56. The predicted molar refractivity (Wildman–Crippen MR) is 38.1 cm³/mol. The summed E-state index contributed by atoms with van der Waals surface area (Å²) in [4.78, 5) is 10.8. The van der Waals surface area contributed by atoms with Crippen LogP contribution in [0.1, 0.15) is 27.7 Å². The number of carbonyl (C=O) groups excluding carboxylic acids is 1. The Labute approximate surface area is 56.4 Å². The summed E-state index contributed by atoms with van der Waals surface area (Å²) in [5.74, 6) is 0.271. The molecule has 0 bridgehead atoms. The molecule has 0 aliphatic heterocycles. The van der Waals surface area contributed by atoms with Crippen LogP contribution in [-0.4, -0.2) is 11.3 Å². The minimum Gasteiger partial charge on any atom is -0.319 e. The van der Waals surface area contributed by atoms with Gasteiger partial charge in [-0.15, -0.1) is 0 Å². The van der Waals surface area contributed by atoms with Crippen molar-refractivity contribution in [3.05, 3.63) is 0 Å². The number of nitrogens with two attached hydrogens (primary N) is 1.